The third-order valence-corrected chi connectivity index (χ3v) is 11.8. The Kier molecular flexibility index (Phi) is 6.81. The SMILES string of the molecule is Br.C=CP(CC)(CC)(CC)CC. The van der Waals surface area contributed by atoms with E-state index in [0.717, 1.165) is 0 Å². The maximum atomic E-state index is 4.05. The molecule has 0 bridgehead atoms. The second-order valence-electron chi connectivity index (χ2n) is 3.52. The van der Waals surface area contributed by atoms with E-state index in [0.29, 0.717) is 0 Å². The first kappa shape index (κ1) is 15.1. The zero-order valence-corrected chi connectivity index (χ0v) is 11.6. The molecular formula is C10H24BrP. The van der Waals surface area contributed by atoms with Crippen LogP contribution in [0.5, 0.6) is 0 Å². The van der Waals surface area contributed by atoms with Crippen LogP contribution >= 0.6 is 23.6 Å². The van der Waals surface area contributed by atoms with Gasteiger partial charge in [0.2, 0.25) is 0 Å². The Hall–Kier alpha value is 0.650. The molecule has 0 aromatic carbocycles. The van der Waals surface area contributed by atoms with Gasteiger partial charge in [-0.2, -0.15) is 0 Å². The van der Waals surface area contributed by atoms with Crippen molar-refractivity contribution in [3.8, 4) is 0 Å². The molecule has 0 aliphatic rings. The van der Waals surface area contributed by atoms with Crippen LogP contribution in [0.25, 0.3) is 0 Å². The van der Waals surface area contributed by atoms with Crippen LogP contribution < -0.4 is 0 Å². The van der Waals surface area contributed by atoms with E-state index in [9.17, 15) is 0 Å². The summed E-state index contributed by atoms with van der Waals surface area (Å²) in [6.45, 7) is 12.0. The molecule has 0 amide bonds. The van der Waals surface area contributed by atoms with Crippen LogP contribution in [0, 0.1) is 0 Å². The zero-order chi connectivity index (χ0) is 8.98. The molecular weight excluding hydrogens is 231 g/mol. The fraction of sp³-hybridized carbons (Fsp3) is 0.800. The molecule has 0 atom stereocenters. The summed E-state index contributed by atoms with van der Waals surface area (Å²) >= 11 is 0. The van der Waals surface area contributed by atoms with E-state index in [2.05, 4.69) is 40.1 Å². The molecule has 0 rings (SSSR count). The topological polar surface area (TPSA) is 0 Å². The fourth-order valence-corrected chi connectivity index (χ4v) is 5.57. The Morgan fingerprint density at radius 1 is 0.917 bits per heavy atom. The Labute approximate surface area is 88.5 Å². The molecule has 0 unspecified atom stereocenters. The summed E-state index contributed by atoms with van der Waals surface area (Å²) in [7, 11) is 0. The third kappa shape index (κ3) is 2.33. The Bertz CT molecular complexity index is 115. The van der Waals surface area contributed by atoms with E-state index >= 15 is 0 Å². The molecule has 0 aliphatic heterocycles. The van der Waals surface area contributed by atoms with Crippen molar-refractivity contribution in [3.63, 3.8) is 0 Å². The summed E-state index contributed by atoms with van der Waals surface area (Å²) in [5.41, 5.74) is 0. The molecule has 0 saturated heterocycles. The number of hydrogen-bond acceptors (Lipinski definition) is 0. The van der Waals surface area contributed by atoms with Gasteiger partial charge in [-0.25, -0.2) is 0 Å². The quantitative estimate of drug-likeness (QED) is 0.641. The summed E-state index contributed by atoms with van der Waals surface area (Å²) in [5, 5.41) is 0. The van der Waals surface area contributed by atoms with Crippen molar-refractivity contribution >= 4 is 23.6 Å². The van der Waals surface area contributed by atoms with Crippen molar-refractivity contribution in [1.82, 2.24) is 0 Å². The van der Waals surface area contributed by atoms with Gasteiger partial charge in [-0.05, 0) is 0 Å². The molecule has 0 heterocycles. The average Bonchev–Trinajstić information content (AvgIpc) is 2.12. The van der Waals surface area contributed by atoms with Gasteiger partial charge >= 0.3 is 71.3 Å². The van der Waals surface area contributed by atoms with Gasteiger partial charge in [0.05, 0.1) is 0 Å². The minimum atomic E-state index is -1.41. The molecule has 0 saturated carbocycles. The molecule has 0 aromatic rings. The third-order valence-electron chi connectivity index (χ3n) is 3.93. The van der Waals surface area contributed by atoms with E-state index < -0.39 is 6.60 Å². The molecule has 0 nitrogen and oxygen atoms in total. The van der Waals surface area contributed by atoms with Crippen LogP contribution in [0.4, 0.5) is 0 Å². The number of rotatable bonds is 5. The minimum absolute atomic E-state index is 0. The molecule has 0 fully saturated rings. The van der Waals surface area contributed by atoms with E-state index in [-0.39, 0.29) is 17.0 Å². The monoisotopic (exact) mass is 254 g/mol. The van der Waals surface area contributed by atoms with Gasteiger partial charge in [-0.15, -0.1) is 17.0 Å². The van der Waals surface area contributed by atoms with Gasteiger partial charge in [-0.1, -0.05) is 0 Å². The van der Waals surface area contributed by atoms with Crippen LogP contribution in [0.1, 0.15) is 27.7 Å². The van der Waals surface area contributed by atoms with E-state index in [1.54, 1.807) is 0 Å². The van der Waals surface area contributed by atoms with E-state index in [1.807, 2.05) is 0 Å². The van der Waals surface area contributed by atoms with Crippen molar-refractivity contribution in [3.05, 3.63) is 12.4 Å². The molecule has 12 heavy (non-hydrogen) atoms. The van der Waals surface area contributed by atoms with Gasteiger partial charge in [0.1, 0.15) is 0 Å². The van der Waals surface area contributed by atoms with Crippen LogP contribution in [0.15, 0.2) is 12.4 Å². The summed E-state index contributed by atoms with van der Waals surface area (Å²) in [4.78, 5) is 0. The van der Waals surface area contributed by atoms with Gasteiger partial charge < -0.3 is 0 Å². The predicted molar refractivity (Wildman–Crippen MR) is 69.6 cm³/mol. The molecule has 76 valence electrons. The van der Waals surface area contributed by atoms with Crippen molar-refractivity contribution in [2.75, 3.05) is 24.6 Å². The molecule has 2 heteroatoms. The van der Waals surface area contributed by atoms with Crippen LogP contribution in [0.2, 0.25) is 0 Å². The van der Waals surface area contributed by atoms with Gasteiger partial charge in [0.15, 0.2) is 0 Å². The number of halogens is 1. The second-order valence-corrected chi connectivity index (χ2v) is 10.6. The summed E-state index contributed by atoms with van der Waals surface area (Å²) in [6.07, 6.45) is 5.38. The Morgan fingerprint density at radius 2 is 1.17 bits per heavy atom. The zero-order valence-electron chi connectivity index (χ0n) is 8.97. The first-order chi connectivity index (χ1) is 5.12. The molecule has 0 aliphatic carbocycles. The first-order valence-corrected chi connectivity index (χ1v) is 7.81. The summed E-state index contributed by atoms with van der Waals surface area (Å²) in [6, 6.07) is 0. The van der Waals surface area contributed by atoms with E-state index in [4.69, 9.17) is 0 Å². The van der Waals surface area contributed by atoms with E-state index in [1.165, 1.54) is 24.6 Å². The van der Waals surface area contributed by atoms with Crippen molar-refractivity contribution in [2.45, 2.75) is 27.7 Å². The average molecular weight is 255 g/mol. The molecule has 0 aromatic heterocycles. The second kappa shape index (κ2) is 5.40. The Morgan fingerprint density at radius 3 is 1.17 bits per heavy atom. The normalized spacial score (nSPS) is 14.2. The van der Waals surface area contributed by atoms with Crippen molar-refractivity contribution < 1.29 is 0 Å². The van der Waals surface area contributed by atoms with Crippen LogP contribution in [-0.2, 0) is 0 Å². The van der Waals surface area contributed by atoms with Crippen LogP contribution in [-0.4, -0.2) is 24.6 Å². The molecule has 0 N–H and O–H groups in total. The van der Waals surface area contributed by atoms with Gasteiger partial charge in [-0.3, -0.25) is 0 Å². The molecule has 0 spiro atoms. The van der Waals surface area contributed by atoms with Crippen molar-refractivity contribution in [2.24, 2.45) is 0 Å². The standard InChI is InChI=1S/C10H23P.BrH/c1-6-11(7-2,8-3,9-4)10-5;/h6H,1,7-10H2,2-5H3;1H. The van der Waals surface area contributed by atoms with Gasteiger partial charge in [0, 0.05) is 0 Å². The fourth-order valence-electron chi connectivity index (χ4n) is 1.86. The predicted octanol–water partition coefficient (Wildman–Crippen LogP) is 4.34. The van der Waals surface area contributed by atoms with Crippen molar-refractivity contribution in [1.29, 1.82) is 0 Å². The molecule has 0 radical (unpaired) electrons. The number of hydrogen-bond donors (Lipinski definition) is 0. The first-order valence-electron chi connectivity index (χ1n) is 4.76. The Balaban J connectivity index is 0. The maximum absolute atomic E-state index is 4.05. The van der Waals surface area contributed by atoms with Gasteiger partial charge in [0.25, 0.3) is 0 Å². The summed E-state index contributed by atoms with van der Waals surface area (Å²) < 4.78 is 0. The summed E-state index contributed by atoms with van der Waals surface area (Å²) in [5.74, 6) is 2.31. The van der Waals surface area contributed by atoms with Crippen LogP contribution in [0.3, 0.4) is 0 Å².